The van der Waals surface area contributed by atoms with E-state index in [1.165, 1.54) is 12.1 Å². The smallest absolute Gasteiger partial charge is 0.254 e. The predicted octanol–water partition coefficient (Wildman–Crippen LogP) is 9.50. The molecule has 22 heteroatoms. The maximum Gasteiger partial charge on any atom is 0.254 e. The Morgan fingerprint density at radius 2 is 0.859 bits per heavy atom. The van der Waals surface area contributed by atoms with Crippen LogP contribution in [0.3, 0.4) is 0 Å². The van der Waals surface area contributed by atoms with Crippen molar-refractivity contribution in [1.29, 1.82) is 0 Å². The largest absolute Gasteiger partial charge is 0.383 e. The number of rotatable bonds is 18. The van der Waals surface area contributed by atoms with Crippen LogP contribution in [0.2, 0.25) is 0 Å². The molecule has 6 aromatic carbocycles. The van der Waals surface area contributed by atoms with Gasteiger partial charge in [-0.2, -0.15) is 15.3 Å². The van der Waals surface area contributed by atoms with Gasteiger partial charge in [0.2, 0.25) is 0 Å². The highest BCUT2D eigenvalue weighted by Crippen LogP contribution is 2.33. The number of amides is 6. The SMILES string of the molecule is Cc1ccc(F)cc1C(=O)NCc1ccc(-c2nn(C(C)C)c(N)c2C(N)=O)cc1.Cc1ccccc1C(=O)NCc1ccc(-c2nn([C@@H]3CCOC3)c(C)c2C(N)=O)cc1.Cc1ccccc1C(=O)NCc1ccc(-c2nn([C@H]3CCOC3)c(C)c2C(N)=O)cc1. The number of nitrogen functional groups attached to an aromatic ring is 1. The minimum Gasteiger partial charge on any atom is -0.383 e. The van der Waals surface area contributed by atoms with Gasteiger partial charge in [0.25, 0.3) is 35.4 Å². The second kappa shape index (κ2) is 29.4. The van der Waals surface area contributed by atoms with Crippen molar-refractivity contribution in [3.05, 3.63) is 223 Å². The number of anilines is 1. The van der Waals surface area contributed by atoms with Crippen LogP contribution in [0.5, 0.6) is 0 Å². The van der Waals surface area contributed by atoms with Gasteiger partial charge >= 0.3 is 0 Å². The lowest BCUT2D eigenvalue weighted by Crippen LogP contribution is -2.23. The molecule has 0 aliphatic carbocycles. The molecule has 0 saturated carbocycles. The Balaban J connectivity index is 0.000000163. The average molecular weight is 1250 g/mol. The predicted molar refractivity (Wildman–Crippen MR) is 349 cm³/mol. The van der Waals surface area contributed by atoms with Crippen molar-refractivity contribution in [2.24, 2.45) is 17.2 Å². The van der Waals surface area contributed by atoms with E-state index in [1.54, 1.807) is 29.8 Å². The number of hydrogen-bond donors (Lipinski definition) is 7. The third kappa shape index (κ3) is 15.2. The van der Waals surface area contributed by atoms with Gasteiger partial charge in [0.15, 0.2) is 0 Å². The molecule has 0 unspecified atom stereocenters. The topological polar surface area (TPSA) is 315 Å². The average Bonchev–Trinajstić information content (AvgIpc) is 1.66. The van der Waals surface area contributed by atoms with E-state index in [0.717, 1.165) is 63.2 Å². The molecule has 2 fully saturated rings. The molecule has 9 aromatic rings. The number of hydrogen-bond acceptors (Lipinski definition) is 12. The van der Waals surface area contributed by atoms with Crippen molar-refractivity contribution < 1.29 is 42.6 Å². The lowest BCUT2D eigenvalue weighted by Gasteiger charge is -2.10. The number of carbonyl (C=O) groups excluding carboxylic acids is 6. The van der Waals surface area contributed by atoms with Crippen LogP contribution in [-0.2, 0) is 29.1 Å². The first-order valence-electron chi connectivity index (χ1n) is 30.2. The second-order valence-electron chi connectivity index (χ2n) is 23.0. The van der Waals surface area contributed by atoms with Gasteiger partial charge in [-0.25, -0.2) is 9.07 Å². The van der Waals surface area contributed by atoms with E-state index in [-0.39, 0.29) is 53.8 Å². The zero-order chi connectivity index (χ0) is 65.9. The fourth-order valence-electron chi connectivity index (χ4n) is 11.1. The zero-order valence-corrected chi connectivity index (χ0v) is 52.5. The van der Waals surface area contributed by atoms with Crippen LogP contribution in [0.15, 0.2) is 140 Å². The first-order valence-corrected chi connectivity index (χ1v) is 30.2. The minimum absolute atomic E-state index is 0.0300. The molecule has 11 rings (SSSR count). The van der Waals surface area contributed by atoms with Gasteiger partial charge in [0, 0.05) is 83.7 Å². The van der Waals surface area contributed by atoms with Gasteiger partial charge in [-0.15, -0.1) is 0 Å². The zero-order valence-electron chi connectivity index (χ0n) is 52.5. The summed E-state index contributed by atoms with van der Waals surface area (Å²) in [4.78, 5) is 73.4. The minimum atomic E-state index is -0.642. The Morgan fingerprint density at radius 3 is 1.21 bits per heavy atom. The summed E-state index contributed by atoms with van der Waals surface area (Å²) < 4.78 is 29.6. The fraction of sp³-hybridized carbons (Fsp3) is 0.271. The molecule has 2 saturated heterocycles. The van der Waals surface area contributed by atoms with E-state index in [0.29, 0.717) is 95.5 Å². The van der Waals surface area contributed by atoms with Crippen molar-refractivity contribution in [3.63, 3.8) is 0 Å². The van der Waals surface area contributed by atoms with Crippen LogP contribution >= 0.6 is 0 Å². The Bertz CT molecular complexity index is 4000. The molecule has 11 N–H and O–H groups in total. The van der Waals surface area contributed by atoms with Crippen LogP contribution in [0.25, 0.3) is 33.8 Å². The number of ether oxygens (including phenoxy) is 2. The summed E-state index contributed by atoms with van der Waals surface area (Å²) in [5.74, 6) is -2.42. The third-order valence-corrected chi connectivity index (χ3v) is 16.2. The molecule has 5 heterocycles. The van der Waals surface area contributed by atoms with Crippen LogP contribution in [-0.4, -0.2) is 91.2 Å². The van der Waals surface area contributed by atoms with E-state index < -0.39 is 23.5 Å². The summed E-state index contributed by atoms with van der Waals surface area (Å²) in [5, 5.41) is 22.5. The van der Waals surface area contributed by atoms with E-state index in [4.69, 9.17) is 42.6 Å². The van der Waals surface area contributed by atoms with Crippen LogP contribution in [0.1, 0.15) is 152 Å². The normalized spacial score (nSPS) is 14.2. The highest BCUT2D eigenvalue weighted by molar-refractivity contribution is 6.04. The molecule has 2 atom stereocenters. The van der Waals surface area contributed by atoms with Gasteiger partial charge in [-0.1, -0.05) is 115 Å². The number of halogens is 1. The number of carbonyl (C=O) groups is 6. The Kier molecular flexibility index (Phi) is 21.0. The second-order valence-corrected chi connectivity index (χ2v) is 23.0. The standard InChI is InChI=1S/2C24H26N4O3.C22H24FN5O2/c2*1-15-5-3-4-6-20(15)24(30)26-13-17-7-9-18(10-8-17)22-21(23(25)29)16(2)28(27-22)19-11-12-31-14-19;1-12(2)28-20(24)18(21(25)29)19(27-28)15-7-5-14(6-8-15)11-26-22(30)17-10-16(23)9-4-13(17)3/h2*3-10,19H,11-14H2,1-2H3,(H2,25,29)(H,26,30);4-10,12H,11,24H2,1-3H3,(H2,25,29)(H,26,30)/t2*19-;/m10./s1. The molecule has 92 heavy (non-hydrogen) atoms. The monoisotopic (exact) mass is 1250 g/mol. The fourth-order valence-corrected chi connectivity index (χ4v) is 11.1. The first kappa shape index (κ1) is 65.9. The Hall–Kier alpha value is -10.6. The van der Waals surface area contributed by atoms with Crippen molar-refractivity contribution in [1.82, 2.24) is 45.3 Å². The molecule has 0 bridgehead atoms. The first-order chi connectivity index (χ1) is 44.1. The van der Waals surface area contributed by atoms with Crippen molar-refractivity contribution >= 4 is 41.3 Å². The summed E-state index contributed by atoms with van der Waals surface area (Å²) in [6, 6.07) is 41.8. The van der Waals surface area contributed by atoms with Crippen molar-refractivity contribution in [2.75, 3.05) is 32.2 Å². The Labute approximate surface area is 532 Å². The summed E-state index contributed by atoms with van der Waals surface area (Å²) in [5.41, 5.74) is 36.3. The van der Waals surface area contributed by atoms with Gasteiger partial charge in [0.1, 0.15) is 34.3 Å². The number of aryl methyl sites for hydroxylation is 3. The summed E-state index contributed by atoms with van der Waals surface area (Å²) in [7, 11) is 0. The number of nitrogens with two attached hydrogens (primary N) is 4. The van der Waals surface area contributed by atoms with E-state index in [1.807, 2.05) is 160 Å². The lowest BCUT2D eigenvalue weighted by atomic mass is 10.0. The number of nitrogens with zero attached hydrogens (tertiary/aromatic N) is 6. The van der Waals surface area contributed by atoms with Crippen molar-refractivity contribution in [3.8, 4) is 33.8 Å². The Morgan fingerprint density at radius 1 is 0.500 bits per heavy atom. The van der Waals surface area contributed by atoms with Crippen LogP contribution in [0.4, 0.5) is 10.2 Å². The number of benzene rings is 6. The molecule has 0 spiro atoms. The van der Waals surface area contributed by atoms with Crippen LogP contribution in [0, 0.1) is 40.4 Å². The summed E-state index contributed by atoms with van der Waals surface area (Å²) in [6.07, 6.45) is 1.72. The maximum absolute atomic E-state index is 13.4. The third-order valence-electron chi connectivity index (χ3n) is 16.2. The summed E-state index contributed by atoms with van der Waals surface area (Å²) >= 11 is 0. The van der Waals surface area contributed by atoms with Gasteiger partial charge < -0.3 is 48.4 Å². The molecule has 6 amide bonds. The molecule has 3 aromatic heterocycles. The summed E-state index contributed by atoms with van der Waals surface area (Å²) in [6.45, 7) is 16.7. The van der Waals surface area contributed by atoms with Gasteiger partial charge in [0.05, 0.1) is 36.4 Å². The maximum atomic E-state index is 13.4. The lowest BCUT2D eigenvalue weighted by molar-refractivity contribution is 0.0942. The van der Waals surface area contributed by atoms with E-state index in [9.17, 15) is 33.2 Å². The molecule has 2 aliphatic heterocycles. The molecular weight excluding hydrogens is 1170 g/mol. The van der Waals surface area contributed by atoms with Gasteiger partial charge in [-0.3, -0.25) is 38.1 Å². The number of nitrogens with one attached hydrogen (secondary N) is 3. The van der Waals surface area contributed by atoms with E-state index in [2.05, 4.69) is 21.0 Å². The molecule has 21 nitrogen and oxygen atoms in total. The van der Waals surface area contributed by atoms with Gasteiger partial charge in [-0.05, 0) is 119 Å². The highest BCUT2D eigenvalue weighted by Gasteiger charge is 2.29. The molecular formula is C70H76FN13O8. The van der Waals surface area contributed by atoms with Crippen LogP contribution < -0.4 is 38.9 Å². The number of aromatic nitrogens is 6. The molecule has 0 radical (unpaired) electrons. The highest BCUT2D eigenvalue weighted by atomic mass is 19.1. The van der Waals surface area contributed by atoms with E-state index >= 15 is 0 Å². The number of primary amides is 3. The van der Waals surface area contributed by atoms with Crippen molar-refractivity contribution in [2.45, 2.75) is 99.1 Å². The molecule has 476 valence electrons. The quantitative estimate of drug-likeness (QED) is 0.0422. The molecule has 2 aliphatic rings.